The van der Waals surface area contributed by atoms with Crippen LogP contribution in [-0.4, -0.2) is 23.1 Å². The molecule has 0 aliphatic heterocycles. The zero-order chi connectivity index (χ0) is 17.4. The Bertz CT molecular complexity index is 651. The van der Waals surface area contributed by atoms with Crippen molar-refractivity contribution in [3.63, 3.8) is 0 Å². The molecule has 0 atom stereocenters. The minimum atomic E-state index is 0. The Morgan fingerprint density at radius 1 is 1.24 bits per heavy atom. The lowest BCUT2D eigenvalue weighted by atomic mass is 9.99. The fourth-order valence-electron chi connectivity index (χ4n) is 2.47. The van der Waals surface area contributed by atoms with Crippen LogP contribution in [0.5, 0.6) is 0 Å². The third kappa shape index (κ3) is 6.58. The zero-order valence-corrected chi connectivity index (χ0v) is 18.5. The van der Waals surface area contributed by atoms with Gasteiger partial charge in [-0.15, -0.1) is 35.3 Å². The van der Waals surface area contributed by atoms with Gasteiger partial charge in [0.05, 0.1) is 29.5 Å². The highest BCUT2D eigenvalue weighted by atomic mass is 127. The molecule has 8 heteroatoms. The molecule has 0 bridgehead atoms. The monoisotopic (exact) mass is 477 g/mol. The molecule has 0 aliphatic rings. The molecule has 140 valence electrons. The van der Waals surface area contributed by atoms with E-state index >= 15 is 0 Å². The molecule has 0 aromatic carbocycles. The van der Waals surface area contributed by atoms with Crippen LogP contribution in [0.2, 0.25) is 0 Å². The Kier molecular flexibility index (Phi) is 10.0. The van der Waals surface area contributed by atoms with Crippen LogP contribution in [0.15, 0.2) is 21.0 Å². The summed E-state index contributed by atoms with van der Waals surface area (Å²) in [6.45, 7) is 7.68. The van der Waals surface area contributed by atoms with Gasteiger partial charge in [-0.2, -0.15) is 0 Å². The molecule has 25 heavy (non-hydrogen) atoms. The van der Waals surface area contributed by atoms with Gasteiger partial charge in [0.15, 0.2) is 11.7 Å². The summed E-state index contributed by atoms with van der Waals surface area (Å²) in [7, 11) is 1.75. The highest BCUT2D eigenvalue weighted by molar-refractivity contribution is 14.0. The Morgan fingerprint density at radius 3 is 2.56 bits per heavy atom. The summed E-state index contributed by atoms with van der Waals surface area (Å²) in [5.41, 5.74) is 2.07. The summed E-state index contributed by atoms with van der Waals surface area (Å²) in [5.74, 6) is 2.01. The van der Waals surface area contributed by atoms with Crippen molar-refractivity contribution in [1.82, 2.24) is 20.8 Å². The Morgan fingerprint density at radius 2 is 1.96 bits per heavy atom. The second kappa shape index (κ2) is 11.5. The number of nitrogens with one attached hydrogen (secondary N) is 2. The zero-order valence-electron chi connectivity index (χ0n) is 15.3. The normalized spacial score (nSPS) is 11.5. The molecule has 0 unspecified atom stereocenters. The van der Waals surface area contributed by atoms with Crippen LogP contribution in [0.4, 0.5) is 0 Å². The molecule has 0 aliphatic carbocycles. The van der Waals surface area contributed by atoms with E-state index in [1.165, 1.54) is 0 Å². The second-order valence-corrected chi connectivity index (χ2v) is 6.54. The van der Waals surface area contributed by atoms with Gasteiger partial charge in [-0.05, 0) is 19.3 Å². The van der Waals surface area contributed by atoms with Crippen LogP contribution in [-0.2, 0) is 19.5 Å². The third-order valence-corrected chi connectivity index (χ3v) is 5.02. The van der Waals surface area contributed by atoms with Gasteiger partial charge >= 0.3 is 0 Å². The highest BCUT2D eigenvalue weighted by Gasteiger charge is 2.13. The number of hydrogen-bond donors (Lipinski definition) is 2. The SMILES string of the molecule is CCc1nc(CNC(=NC)NCc2cc(C(CC)CC)no2)cs1.I. The van der Waals surface area contributed by atoms with E-state index in [1.54, 1.807) is 18.4 Å². The van der Waals surface area contributed by atoms with Crippen molar-refractivity contribution in [3.8, 4) is 0 Å². The van der Waals surface area contributed by atoms with E-state index in [0.717, 1.165) is 47.4 Å². The molecule has 0 saturated heterocycles. The van der Waals surface area contributed by atoms with Crippen molar-refractivity contribution in [2.75, 3.05) is 7.05 Å². The van der Waals surface area contributed by atoms with Crippen molar-refractivity contribution >= 4 is 41.3 Å². The summed E-state index contributed by atoms with van der Waals surface area (Å²) < 4.78 is 5.42. The predicted molar refractivity (Wildman–Crippen MR) is 114 cm³/mol. The first-order valence-electron chi connectivity index (χ1n) is 8.53. The van der Waals surface area contributed by atoms with E-state index in [1.807, 2.05) is 6.07 Å². The van der Waals surface area contributed by atoms with Crippen molar-refractivity contribution in [3.05, 3.63) is 33.6 Å². The summed E-state index contributed by atoms with van der Waals surface area (Å²) in [6.07, 6.45) is 3.13. The highest BCUT2D eigenvalue weighted by Crippen LogP contribution is 2.22. The molecule has 2 aromatic rings. The van der Waals surface area contributed by atoms with Gasteiger partial charge in [-0.3, -0.25) is 4.99 Å². The molecule has 0 amide bonds. The van der Waals surface area contributed by atoms with Gasteiger partial charge in [0, 0.05) is 24.4 Å². The quantitative estimate of drug-likeness (QED) is 0.341. The topological polar surface area (TPSA) is 75.3 Å². The average molecular weight is 477 g/mol. The van der Waals surface area contributed by atoms with E-state index in [9.17, 15) is 0 Å². The summed E-state index contributed by atoms with van der Waals surface area (Å²) in [4.78, 5) is 8.77. The number of aliphatic imine (C=N–C) groups is 1. The van der Waals surface area contributed by atoms with E-state index in [-0.39, 0.29) is 24.0 Å². The van der Waals surface area contributed by atoms with E-state index in [2.05, 4.69) is 51.9 Å². The molecule has 0 fully saturated rings. The number of aryl methyl sites for hydroxylation is 1. The largest absolute Gasteiger partial charge is 0.359 e. The maximum Gasteiger partial charge on any atom is 0.191 e. The number of hydrogen-bond acceptors (Lipinski definition) is 5. The van der Waals surface area contributed by atoms with E-state index < -0.39 is 0 Å². The average Bonchev–Trinajstić information content (AvgIpc) is 3.25. The molecule has 2 rings (SSSR count). The van der Waals surface area contributed by atoms with Crippen molar-refractivity contribution < 1.29 is 4.52 Å². The van der Waals surface area contributed by atoms with Crippen molar-refractivity contribution in [2.45, 2.75) is 59.0 Å². The minimum absolute atomic E-state index is 0. The van der Waals surface area contributed by atoms with Crippen LogP contribution in [0.1, 0.15) is 61.7 Å². The van der Waals surface area contributed by atoms with E-state index in [0.29, 0.717) is 19.0 Å². The molecule has 0 radical (unpaired) electrons. The summed E-state index contributed by atoms with van der Waals surface area (Å²) >= 11 is 1.69. The maximum atomic E-state index is 5.42. The molecule has 0 spiro atoms. The number of rotatable bonds is 8. The molecule has 2 N–H and O–H groups in total. The standard InChI is InChI=1S/C17H27N5OS.HI/c1-5-12(6-2)15-8-14(23-22-15)10-20-17(18-4)19-9-13-11-24-16(7-3)21-13;/h8,11-12H,5-7,9-10H2,1-4H3,(H2,18,19,20);1H. The Balaban J connectivity index is 0.00000312. The van der Waals surface area contributed by atoms with Crippen LogP contribution in [0, 0.1) is 0 Å². The number of thiazole rings is 1. The Labute approximate surface area is 170 Å². The number of halogens is 1. The molecule has 6 nitrogen and oxygen atoms in total. The number of nitrogens with zero attached hydrogens (tertiary/aromatic N) is 3. The lowest BCUT2D eigenvalue weighted by Gasteiger charge is -2.09. The van der Waals surface area contributed by atoms with Gasteiger partial charge in [-0.25, -0.2) is 4.98 Å². The molecular formula is C17H28IN5OS. The second-order valence-electron chi connectivity index (χ2n) is 5.60. The van der Waals surface area contributed by atoms with Gasteiger partial charge in [-0.1, -0.05) is 25.9 Å². The van der Waals surface area contributed by atoms with Crippen LogP contribution in [0.25, 0.3) is 0 Å². The molecule has 2 heterocycles. The maximum absolute atomic E-state index is 5.42. The molecular weight excluding hydrogens is 449 g/mol. The Hall–Kier alpha value is -1.16. The molecule has 0 saturated carbocycles. The lowest BCUT2D eigenvalue weighted by molar-refractivity contribution is 0.368. The summed E-state index contributed by atoms with van der Waals surface area (Å²) in [5, 5.41) is 13.9. The summed E-state index contributed by atoms with van der Waals surface area (Å²) in [6, 6.07) is 2.03. The number of guanidine groups is 1. The predicted octanol–water partition coefficient (Wildman–Crippen LogP) is 4.08. The first-order valence-corrected chi connectivity index (χ1v) is 9.41. The molecule has 2 aromatic heterocycles. The fourth-order valence-corrected chi connectivity index (χ4v) is 3.21. The van der Waals surface area contributed by atoms with Crippen LogP contribution < -0.4 is 10.6 Å². The van der Waals surface area contributed by atoms with Crippen molar-refractivity contribution in [1.29, 1.82) is 0 Å². The number of aromatic nitrogens is 2. The van der Waals surface area contributed by atoms with Crippen molar-refractivity contribution in [2.24, 2.45) is 4.99 Å². The van der Waals surface area contributed by atoms with Gasteiger partial charge in [0.25, 0.3) is 0 Å². The van der Waals surface area contributed by atoms with E-state index in [4.69, 9.17) is 4.52 Å². The third-order valence-electron chi connectivity index (χ3n) is 3.97. The lowest BCUT2D eigenvalue weighted by Crippen LogP contribution is -2.36. The van der Waals surface area contributed by atoms with Crippen LogP contribution in [0.3, 0.4) is 0 Å². The first-order chi connectivity index (χ1) is 11.7. The van der Waals surface area contributed by atoms with Gasteiger partial charge in [0.1, 0.15) is 0 Å². The van der Waals surface area contributed by atoms with Crippen LogP contribution >= 0.6 is 35.3 Å². The van der Waals surface area contributed by atoms with Gasteiger partial charge in [0.2, 0.25) is 0 Å². The first kappa shape index (κ1) is 21.9. The fraction of sp³-hybridized carbons (Fsp3) is 0.588. The smallest absolute Gasteiger partial charge is 0.191 e. The minimum Gasteiger partial charge on any atom is -0.359 e. The van der Waals surface area contributed by atoms with Gasteiger partial charge < -0.3 is 15.2 Å².